The van der Waals surface area contributed by atoms with Crippen molar-refractivity contribution in [2.75, 3.05) is 13.7 Å². The fourth-order valence-corrected chi connectivity index (χ4v) is 6.82. The summed E-state index contributed by atoms with van der Waals surface area (Å²) in [7, 11) is 1.30. The minimum Gasteiger partial charge on any atom is -0.507 e. The Morgan fingerprint density at radius 2 is 1.73 bits per heavy atom. The lowest BCUT2D eigenvalue weighted by atomic mass is 9.72. The molecule has 3 aromatic rings. The van der Waals surface area contributed by atoms with Gasteiger partial charge < -0.3 is 45.1 Å². The Labute approximate surface area is 278 Å². The molecule has 0 saturated carbocycles. The van der Waals surface area contributed by atoms with E-state index in [2.05, 4.69) is 5.32 Å². The number of carbonyl (C=O) groups is 5. The lowest BCUT2D eigenvalue weighted by Gasteiger charge is -2.43. The van der Waals surface area contributed by atoms with E-state index in [9.17, 15) is 49.5 Å². The Balaban J connectivity index is 1.38. The molecule has 2 unspecified atom stereocenters. The van der Waals surface area contributed by atoms with Gasteiger partial charge >= 0.3 is 0 Å². The second-order valence-corrected chi connectivity index (χ2v) is 12.3. The maximum Gasteiger partial charge on any atom is 0.251 e. The van der Waals surface area contributed by atoms with E-state index in [0.29, 0.717) is 11.8 Å². The maximum absolute atomic E-state index is 13.9. The van der Waals surface area contributed by atoms with Crippen molar-refractivity contribution in [2.45, 2.75) is 62.4 Å². The van der Waals surface area contributed by atoms with Gasteiger partial charge in [0.05, 0.1) is 42.0 Å². The Bertz CT molecular complexity index is 1890. The number of phenolic OH excluding ortho intramolecular Hbond substituents is 2. The van der Waals surface area contributed by atoms with E-state index in [1.54, 1.807) is 0 Å². The molecule has 1 fully saturated rings. The van der Waals surface area contributed by atoms with Gasteiger partial charge in [0, 0.05) is 47.1 Å². The number of carbonyl (C=O) groups excluding carboxylic acids is 5. The fraction of sp³-hybridized carbons (Fsp3) is 0.343. The van der Waals surface area contributed by atoms with Gasteiger partial charge in [0.2, 0.25) is 5.78 Å². The Morgan fingerprint density at radius 3 is 2.39 bits per heavy atom. The Kier molecular flexibility index (Phi) is 8.85. The molecule has 1 amide bonds. The predicted molar refractivity (Wildman–Crippen MR) is 167 cm³/mol. The molecule has 49 heavy (non-hydrogen) atoms. The van der Waals surface area contributed by atoms with E-state index in [4.69, 9.17) is 14.2 Å². The fourth-order valence-electron chi connectivity index (χ4n) is 6.82. The number of hydrogen-bond donors (Lipinski definition) is 6. The van der Waals surface area contributed by atoms with E-state index >= 15 is 0 Å². The average Bonchev–Trinajstić information content (AvgIpc) is 3.09. The lowest BCUT2D eigenvalue weighted by molar-refractivity contribution is -0.249. The largest absolute Gasteiger partial charge is 0.507 e. The molecule has 1 saturated heterocycles. The van der Waals surface area contributed by atoms with Crippen LogP contribution < -0.4 is 10.1 Å². The summed E-state index contributed by atoms with van der Waals surface area (Å²) in [5.41, 5.74) is -3.48. The standard InChI is InChI=1S/C35H33NO13/c1-15-29(40)20(36-34(45)17-8-6-16(13-37)7-9-17)10-24(48-15)49-22-12-35(46,23(39)14-38)11-19-26(22)33(44)28-27(31(19)42)30(41)18-4-3-5-21(47-2)25(18)32(28)43/h3-9,13,15,20,22,24,29,38,40,42,44,46H,10-12,14H2,1-2H3,(H,36,45)/t15-,20-,22?,24?,29+,35-/m0/s1. The molecule has 256 valence electrons. The summed E-state index contributed by atoms with van der Waals surface area (Å²) >= 11 is 0. The van der Waals surface area contributed by atoms with Crippen LogP contribution in [0.5, 0.6) is 17.2 Å². The number of aldehydes is 1. The van der Waals surface area contributed by atoms with Gasteiger partial charge in [-0.05, 0) is 25.1 Å². The average molecular weight is 676 g/mol. The highest BCUT2D eigenvalue weighted by Gasteiger charge is 2.50. The van der Waals surface area contributed by atoms with Crippen molar-refractivity contribution in [2.24, 2.45) is 0 Å². The highest BCUT2D eigenvalue weighted by Crippen LogP contribution is 2.52. The monoisotopic (exact) mass is 675 g/mol. The number of rotatable bonds is 8. The molecule has 0 bridgehead atoms. The van der Waals surface area contributed by atoms with Crippen LogP contribution in [0.2, 0.25) is 0 Å². The zero-order chi connectivity index (χ0) is 35.4. The summed E-state index contributed by atoms with van der Waals surface area (Å²) in [6.07, 6.45) is -5.58. The molecule has 0 radical (unpaired) electrons. The van der Waals surface area contributed by atoms with Crippen LogP contribution in [0.15, 0.2) is 42.5 Å². The van der Waals surface area contributed by atoms with Crippen molar-refractivity contribution >= 4 is 29.5 Å². The number of phenols is 2. The van der Waals surface area contributed by atoms with Crippen LogP contribution in [-0.2, 0) is 20.7 Å². The molecule has 2 aliphatic carbocycles. The summed E-state index contributed by atoms with van der Waals surface area (Å²) in [5.74, 6) is -4.65. The smallest absolute Gasteiger partial charge is 0.251 e. The first-order valence-corrected chi connectivity index (χ1v) is 15.4. The van der Waals surface area contributed by atoms with E-state index in [0.717, 1.165) is 0 Å². The van der Waals surface area contributed by atoms with Crippen molar-refractivity contribution in [3.63, 3.8) is 0 Å². The van der Waals surface area contributed by atoms with Crippen molar-refractivity contribution in [1.29, 1.82) is 0 Å². The minimum atomic E-state index is -2.34. The first kappa shape index (κ1) is 33.9. The van der Waals surface area contributed by atoms with Gasteiger partial charge in [-0.3, -0.25) is 24.0 Å². The zero-order valence-corrected chi connectivity index (χ0v) is 26.3. The van der Waals surface area contributed by atoms with E-state index in [1.807, 2.05) is 0 Å². The van der Waals surface area contributed by atoms with Crippen LogP contribution >= 0.6 is 0 Å². The molecule has 6 atom stereocenters. The number of nitrogens with one attached hydrogen (secondary N) is 1. The molecule has 6 rings (SSSR count). The first-order valence-electron chi connectivity index (χ1n) is 15.4. The SMILES string of the molecule is COc1cccc2c1C(=O)c1c(O)c3c(c(O)c1C2=O)C[C@@](O)(C(=O)CO)CC3OC1C[C@H](NC(=O)c2ccc(C=O)cc2)[C@H](O)[C@H](C)O1. The van der Waals surface area contributed by atoms with Gasteiger partial charge in [-0.25, -0.2) is 0 Å². The number of aliphatic hydroxyl groups excluding tert-OH is 2. The normalized spacial score (nSPS) is 25.9. The molecule has 6 N–H and O–H groups in total. The quantitative estimate of drug-likeness (QED) is 0.114. The summed E-state index contributed by atoms with van der Waals surface area (Å²) in [4.78, 5) is 64.4. The highest BCUT2D eigenvalue weighted by atomic mass is 16.7. The third kappa shape index (κ3) is 5.66. The Morgan fingerprint density at radius 1 is 1.04 bits per heavy atom. The first-order chi connectivity index (χ1) is 23.3. The molecule has 3 aromatic carbocycles. The van der Waals surface area contributed by atoms with Gasteiger partial charge in [0.25, 0.3) is 5.91 Å². The molecule has 14 heteroatoms. The number of aliphatic hydroxyl groups is 3. The van der Waals surface area contributed by atoms with Crippen molar-refractivity contribution < 1.29 is 63.7 Å². The van der Waals surface area contributed by atoms with Gasteiger partial charge in [-0.15, -0.1) is 0 Å². The molecular weight excluding hydrogens is 642 g/mol. The van der Waals surface area contributed by atoms with Crippen LogP contribution in [0.25, 0.3) is 0 Å². The third-order valence-corrected chi connectivity index (χ3v) is 9.39. The molecule has 1 heterocycles. The summed E-state index contributed by atoms with van der Waals surface area (Å²) in [6, 6.07) is 9.16. The number of hydrogen-bond acceptors (Lipinski definition) is 13. The maximum atomic E-state index is 13.9. The third-order valence-electron chi connectivity index (χ3n) is 9.39. The number of fused-ring (bicyclic) bond motifs is 3. The van der Waals surface area contributed by atoms with Crippen LogP contribution in [0, 0.1) is 0 Å². The van der Waals surface area contributed by atoms with Crippen molar-refractivity contribution in [1.82, 2.24) is 5.32 Å². The van der Waals surface area contributed by atoms with E-state index in [1.165, 1.54) is 56.5 Å². The summed E-state index contributed by atoms with van der Waals surface area (Å²) in [6.45, 7) is 0.444. The van der Waals surface area contributed by atoms with Crippen molar-refractivity contribution in [3.05, 3.63) is 87.0 Å². The number of ether oxygens (including phenoxy) is 3. The number of amides is 1. The second kappa shape index (κ2) is 12.8. The number of Topliss-reactive ketones (excluding diaryl/α,β-unsaturated/α-hetero) is 1. The van der Waals surface area contributed by atoms with Gasteiger partial charge in [0.15, 0.2) is 17.9 Å². The van der Waals surface area contributed by atoms with Crippen LogP contribution in [0.1, 0.15) is 89.6 Å². The topological polar surface area (TPSA) is 226 Å². The number of benzene rings is 3. The molecular formula is C35H33NO13. The number of ketones is 3. The van der Waals surface area contributed by atoms with Crippen LogP contribution in [-0.4, -0.2) is 98.9 Å². The predicted octanol–water partition coefficient (Wildman–Crippen LogP) is 1.29. The minimum absolute atomic E-state index is 0.0600. The molecule has 1 aliphatic heterocycles. The molecule has 0 spiro atoms. The number of aromatic hydroxyl groups is 2. The van der Waals surface area contributed by atoms with Gasteiger partial charge in [-0.2, -0.15) is 0 Å². The van der Waals surface area contributed by atoms with Gasteiger partial charge in [0.1, 0.15) is 41.8 Å². The number of methoxy groups -OCH3 is 1. The summed E-state index contributed by atoms with van der Waals surface area (Å²) in [5, 5.41) is 58.0. The van der Waals surface area contributed by atoms with Gasteiger partial charge in [-0.1, -0.05) is 24.3 Å². The van der Waals surface area contributed by atoms with E-state index in [-0.39, 0.29) is 40.0 Å². The molecule has 0 aromatic heterocycles. The lowest BCUT2D eigenvalue weighted by Crippen LogP contribution is -2.55. The molecule has 3 aliphatic rings. The second-order valence-electron chi connectivity index (χ2n) is 12.3. The van der Waals surface area contributed by atoms with Crippen LogP contribution in [0.4, 0.5) is 0 Å². The van der Waals surface area contributed by atoms with Crippen molar-refractivity contribution in [3.8, 4) is 17.2 Å². The highest BCUT2D eigenvalue weighted by molar-refractivity contribution is 6.31. The zero-order valence-electron chi connectivity index (χ0n) is 26.3. The van der Waals surface area contributed by atoms with E-state index < -0.39 is 102 Å². The molecule has 14 nitrogen and oxygen atoms in total. The Hall–Kier alpha value is -4.99. The van der Waals surface area contributed by atoms with Crippen LogP contribution in [0.3, 0.4) is 0 Å². The summed E-state index contributed by atoms with van der Waals surface area (Å²) < 4.78 is 17.4.